The highest BCUT2D eigenvalue weighted by atomic mass is 79.9. The normalized spacial score (nSPS) is 25.3. The molecule has 100 valence electrons. The van der Waals surface area contributed by atoms with Crippen molar-refractivity contribution < 1.29 is 9.13 Å². The number of benzene rings is 1. The van der Waals surface area contributed by atoms with Crippen LogP contribution < -0.4 is 5.73 Å². The van der Waals surface area contributed by atoms with Crippen LogP contribution in [0.2, 0.25) is 0 Å². The van der Waals surface area contributed by atoms with Crippen LogP contribution in [0.15, 0.2) is 22.7 Å². The fourth-order valence-corrected chi connectivity index (χ4v) is 3.24. The first-order valence-electron chi connectivity index (χ1n) is 6.42. The highest BCUT2D eigenvalue weighted by molar-refractivity contribution is 9.10. The second kappa shape index (κ2) is 6.13. The maximum absolute atomic E-state index is 13.3. The molecule has 1 aliphatic rings. The van der Waals surface area contributed by atoms with Gasteiger partial charge in [-0.2, -0.15) is 0 Å². The van der Waals surface area contributed by atoms with Crippen LogP contribution in [0.1, 0.15) is 25.3 Å². The van der Waals surface area contributed by atoms with Crippen molar-refractivity contribution in [1.29, 1.82) is 0 Å². The minimum atomic E-state index is -0.221. The Labute approximate surface area is 116 Å². The lowest BCUT2D eigenvalue weighted by atomic mass is 9.88. The van der Waals surface area contributed by atoms with Crippen LogP contribution in [0.5, 0.6) is 0 Å². The Morgan fingerprint density at radius 3 is 2.94 bits per heavy atom. The number of rotatable bonds is 4. The van der Waals surface area contributed by atoms with E-state index in [1.54, 1.807) is 6.07 Å². The van der Waals surface area contributed by atoms with E-state index in [1.165, 1.54) is 6.07 Å². The molecule has 0 saturated carbocycles. The highest BCUT2D eigenvalue weighted by Crippen LogP contribution is 2.27. The van der Waals surface area contributed by atoms with Gasteiger partial charge in [-0.15, -0.1) is 0 Å². The van der Waals surface area contributed by atoms with Crippen LogP contribution >= 0.6 is 15.9 Å². The summed E-state index contributed by atoms with van der Waals surface area (Å²) in [6.07, 6.45) is 2.96. The predicted octanol–water partition coefficient (Wildman–Crippen LogP) is 3.27. The molecular formula is C14H19BrFNO. The lowest BCUT2D eigenvalue weighted by molar-refractivity contribution is 0.0814. The number of hydrogen-bond acceptors (Lipinski definition) is 2. The summed E-state index contributed by atoms with van der Waals surface area (Å²) < 4.78 is 19.7. The van der Waals surface area contributed by atoms with Crippen LogP contribution in [0.25, 0.3) is 0 Å². The van der Waals surface area contributed by atoms with Gasteiger partial charge in [0, 0.05) is 23.0 Å². The highest BCUT2D eigenvalue weighted by Gasteiger charge is 2.31. The van der Waals surface area contributed by atoms with E-state index >= 15 is 0 Å². The van der Waals surface area contributed by atoms with E-state index in [4.69, 9.17) is 10.5 Å². The maximum atomic E-state index is 13.3. The Balaban J connectivity index is 2.04. The lowest BCUT2D eigenvalue weighted by Gasteiger charge is -2.23. The molecule has 0 aliphatic carbocycles. The minimum Gasteiger partial charge on any atom is -0.378 e. The van der Waals surface area contributed by atoms with Gasteiger partial charge >= 0.3 is 0 Å². The summed E-state index contributed by atoms with van der Waals surface area (Å²) in [4.78, 5) is 0. The van der Waals surface area contributed by atoms with Gasteiger partial charge in [-0.3, -0.25) is 0 Å². The fraction of sp³-hybridized carbons (Fsp3) is 0.571. The monoisotopic (exact) mass is 315 g/mol. The fourth-order valence-electron chi connectivity index (χ4n) is 2.73. The molecule has 3 atom stereocenters. The number of ether oxygens (including phenoxy) is 1. The molecule has 1 aliphatic heterocycles. The van der Waals surface area contributed by atoms with Gasteiger partial charge in [0.15, 0.2) is 0 Å². The van der Waals surface area contributed by atoms with Crippen LogP contribution in [0, 0.1) is 11.7 Å². The van der Waals surface area contributed by atoms with E-state index in [2.05, 4.69) is 22.9 Å². The van der Waals surface area contributed by atoms with Crippen molar-refractivity contribution in [1.82, 2.24) is 0 Å². The molecule has 0 aromatic heterocycles. The van der Waals surface area contributed by atoms with E-state index in [1.807, 2.05) is 6.07 Å². The zero-order valence-electron chi connectivity index (χ0n) is 10.5. The maximum Gasteiger partial charge on any atom is 0.124 e. The number of hydrogen-bond donors (Lipinski definition) is 1. The molecule has 0 spiro atoms. The van der Waals surface area contributed by atoms with Gasteiger partial charge in [-0.1, -0.05) is 22.9 Å². The van der Waals surface area contributed by atoms with Gasteiger partial charge in [0.2, 0.25) is 0 Å². The summed E-state index contributed by atoms with van der Waals surface area (Å²) in [6, 6.07) is 4.98. The van der Waals surface area contributed by atoms with Crippen molar-refractivity contribution in [2.75, 3.05) is 6.61 Å². The quantitative estimate of drug-likeness (QED) is 0.925. The molecule has 1 heterocycles. The molecule has 0 bridgehead atoms. The lowest BCUT2D eigenvalue weighted by Crippen LogP contribution is -2.36. The summed E-state index contributed by atoms with van der Waals surface area (Å²) in [7, 11) is 0. The summed E-state index contributed by atoms with van der Waals surface area (Å²) in [5.74, 6) is 0.165. The van der Waals surface area contributed by atoms with Crippen molar-refractivity contribution in [3.63, 3.8) is 0 Å². The Kier molecular flexibility index (Phi) is 4.76. The van der Waals surface area contributed by atoms with E-state index in [-0.39, 0.29) is 18.0 Å². The minimum absolute atomic E-state index is 0.0335. The van der Waals surface area contributed by atoms with Gasteiger partial charge in [-0.25, -0.2) is 4.39 Å². The molecule has 0 radical (unpaired) electrons. The summed E-state index contributed by atoms with van der Waals surface area (Å²) in [5, 5.41) is 0. The molecule has 0 amide bonds. The molecule has 2 N–H and O–H groups in total. The van der Waals surface area contributed by atoms with E-state index in [9.17, 15) is 4.39 Å². The van der Waals surface area contributed by atoms with Gasteiger partial charge in [0.05, 0.1) is 6.10 Å². The molecule has 2 nitrogen and oxygen atoms in total. The third kappa shape index (κ3) is 3.31. The molecule has 1 fully saturated rings. The molecule has 2 rings (SSSR count). The first-order valence-corrected chi connectivity index (χ1v) is 7.21. The number of halogens is 2. The molecule has 1 saturated heterocycles. The molecule has 3 unspecified atom stereocenters. The van der Waals surface area contributed by atoms with Gasteiger partial charge in [0.25, 0.3) is 0 Å². The average molecular weight is 316 g/mol. The van der Waals surface area contributed by atoms with Crippen molar-refractivity contribution in [3.8, 4) is 0 Å². The number of nitrogens with two attached hydrogens (primary N) is 1. The van der Waals surface area contributed by atoms with Crippen molar-refractivity contribution in [3.05, 3.63) is 34.1 Å². The molecule has 4 heteroatoms. The zero-order valence-corrected chi connectivity index (χ0v) is 12.1. The Morgan fingerprint density at radius 1 is 1.50 bits per heavy atom. The van der Waals surface area contributed by atoms with Crippen molar-refractivity contribution >= 4 is 15.9 Å². The van der Waals surface area contributed by atoms with Gasteiger partial charge < -0.3 is 10.5 Å². The van der Waals surface area contributed by atoms with Crippen LogP contribution in [-0.2, 0) is 11.2 Å². The summed E-state index contributed by atoms with van der Waals surface area (Å²) in [6.45, 7) is 2.91. The standard InChI is InChI=1S/C14H19BrFNO/c1-2-14-12(3-4-18-14)13(17)7-9-5-10(15)8-11(16)6-9/h5-6,8,12-14H,2-4,7,17H2,1H3. The zero-order chi connectivity index (χ0) is 13.1. The molecule has 1 aromatic carbocycles. The van der Waals surface area contributed by atoms with E-state index in [0.717, 1.165) is 29.5 Å². The Hall–Kier alpha value is -0.450. The van der Waals surface area contributed by atoms with E-state index < -0.39 is 0 Å². The van der Waals surface area contributed by atoms with Crippen LogP contribution in [0.4, 0.5) is 4.39 Å². The average Bonchev–Trinajstić information content (AvgIpc) is 2.75. The summed E-state index contributed by atoms with van der Waals surface area (Å²) >= 11 is 3.31. The Bertz CT molecular complexity index is 393. The third-order valence-electron chi connectivity index (χ3n) is 3.61. The molecular weight excluding hydrogens is 297 g/mol. The second-order valence-corrected chi connectivity index (χ2v) is 5.83. The molecule has 1 aromatic rings. The van der Waals surface area contributed by atoms with Crippen LogP contribution in [-0.4, -0.2) is 18.8 Å². The molecule has 18 heavy (non-hydrogen) atoms. The second-order valence-electron chi connectivity index (χ2n) is 4.92. The topological polar surface area (TPSA) is 35.2 Å². The van der Waals surface area contributed by atoms with Gasteiger partial charge in [0.1, 0.15) is 5.82 Å². The van der Waals surface area contributed by atoms with Crippen molar-refractivity contribution in [2.45, 2.75) is 38.3 Å². The summed E-state index contributed by atoms with van der Waals surface area (Å²) in [5.41, 5.74) is 7.20. The van der Waals surface area contributed by atoms with Gasteiger partial charge in [-0.05, 0) is 43.0 Å². The SMILES string of the molecule is CCC1OCCC1C(N)Cc1cc(F)cc(Br)c1. The third-order valence-corrected chi connectivity index (χ3v) is 4.06. The van der Waals surface area contributed by atoms with E-state index in [0.29, 0.717) is 12.3 Å². The first kappa shape index (κ1) is 14.0. The first-order chi connectivity index (χ1) is 8.60. The van der Waals surface area contributed by atoms with Crippen LogP contribution in [0.3, 0.4) is 0 Å². The predicted molar refractivity (Wildman–Crippen MR) is 73.9 cm³/mol. The smallest absolute Gasteiger partial charge is 0.124 e. The largest absolute Gasteiger partial charge is 0.378 e. The van der Waals surface area contributed by atoms with Crippen molar-refractivity contribution in [2.24, 2.45) is 11.7 Å². The Morgan fingerprint density at radius 2 is 2.28 bits per heavy atom.